The average Bonchev–Trinajstić information content (AvgIpc) is 3.08. The molecule has 0 heterocycles. The second-order valence-electron chi connectivity index (χ2n) is 11.9. The standard InChI is InChI=1S/C34H36/c1-22-25-18-27(23-14-10-8-11-15-23)31(33(2,3)4)20-29(25)30-21-32(34(5,6)7)28(19-26(22)30)24-16-12-9-13-17-24/h8-22H,1-7H3. The molecule has 1 aliphatic rings. The molecule has 5 rings (SSSR count). The van der Waals surface area contributed by atoms with Gasteiger partial charge in [-0.25, -0.2) is 0 Å². The summed E-state index contributed by atoms with van der Waals surface area (Å²) in [5.41, 5.74) is 14.0. The molecule has 0 N–H and O–H groups in total. The minimum absolute atomic E-state index is 0.0586. The zero-order valence-electron chi connectivity index (χ0n) is 21.7. The first-order valence-corrected chi connectivity index (χ1v) is 12.5. The first-order chi connectivity index (χ1) is 16.1. The van der Waals surface area contributed by atoms with Crippen LogP contribution in [0.4, 0.5) is 0 Å². The predicted molar refractivity (Wildman–Crippen MR) is 148 cm³/mol. The van der Waals surface area contributed by atoms with E-state index >= 15 is 0 Å². The van der Waals surface area contributed by atoms with Crippen LogP contribution in [0.5, 0.6) is 0 Å². The zero-order valence-corrected chi connectivity index (χ0v) is 21.7. The molecule has 1 aliphatic carbocycles. The summed E-state index contributed by atoms with van der Waals surface area (Å²) in [7, 11) is 0. The van der Waals surface area contributed by atoms with Crippen LogP contribution in [0, 0.1) is 0 Å². The monoisotopic (exact) mass is 444 g/mol. The number of hydrogen-bond donors (Lipinski definition) is 0. The highest BCUT2D eigenvalue weighted by molar-refractivity contribution is 5.87. The quantitative estimate of drug-likeness (QED) is 0.288. The van der Waals surface area contributed by atoms with Crippen LogP contribution in [0.2, 0.25) is 0 Å². The Morgan fingerprint density at radius 1 is 0.471 bits per heavy atom. The fourth-order valence-electron chi connectivity index (χ4n) is 5.54. The van der Waals surface area contributed by atoms with Crippen LogP contribution < -0.4 is 0 Å². The minimum Gasteiger partial charge on any atom is -0.0622 e. The summed E-state index contributed by atoms with van der Waals surface area (Å²) in [5.74, 6) is 0.373. The van der Waals surface area contributed by atoms with Gasteiger partial charge in [0, 0.05) is 5.92 Å². The Labute approximate surface area is 205 Å². The second kappa shape index (κ2) is 7.98. The van der Waals surface area contributed by atoms with Crippen molar-refractivity contribution in [1.82, 2.24) is 0 Å². The highest BCUT2D eigenvalue weighted by Gasteiger charge is 2.32. The largest absolute Gasteiger partial charge is 0.0622 e. The summed E-state index contributed by atoms with van der Waals surface area (Å²) in [6.45, 7) is 16.4. The van der Waals surface area contributed by atoms with Crippen molar-refractivity contribution in [3.63, 3.8) is 0 Å². The molecule has 0 heteroatoms. The molecule has 4 aromatic rings. The van der Waals surface area contributed by atoms with Gasteiger partial charge >= 0.3 is 0 Å². The molecule has 0 saturated carbocycles. The molecule has 34 heavy (non-hydrogen) atoms. The Hall–Kier alpha value is -3.12. The van der Waals surface area contributed by atoms with Gasteiger partial charge < -0.3 is 0 Å². The molecule has 0 spiro atoms. The van der Waals surface area contributed by atoms with Crippen molar-refractivity contribution >= 4 is 0 Å². The van der Waals surface area contributed by atoms with Crippen molar-refractivity contribution in [2.45, 2.75) is 65.2 Å². The first-order valence-electron chi connectivity index (χ1n) is 12.5. The highest BCUT2D eigenvalue weighted by Crippen LogP contribution is 2.51. The number of fused-ring (bicyclic) bond motifs is 3. The summed E-state index contributed by atoms with van der Waals surface area (Å²) in [6.07, 6.45) is 0. The minimum atomic E-state index is 0.0586. The molecule has 0 bridgehead atoms. The topological polar surface area (TPSA) is 0 Å². The van der Waals surface area contributed by atoms with E-state index in [1.807, 2.05) is 0 Å². The molecular weight excluding hydrogens is 408 g/mol. The van der Waals surface area contributed by atoms with Crippen LogP contribution in [0.1, 0.15) is 76.6 Å². The van der Waals surface area contributed by atoms with Gasteiger partial charge in [0.25, 0.3) is 0 Å². The number of benzene rings is 4. The molecule has 0 aromatic heterocycles. The maximum Gasteiger partial charge on any atom is 0.00737 e. The predicted octanol–water partition coefficient (Wildman–Crippen LogP) is 9.75. The third-order valence-electron chi connectivity index (χ3n) is 7.39. The van der Waals surface area contributed by atoms with Crippen LogP contribution in [0.15, 0.2) is 84.9 Å². The molecule has 0 nitrogen and oxygen atoms in total. The molecule has 4 aromatic carbocycles. The molecule has 0 fully saturated rings. The lowest BCUT2D eigenvalue weighted by atomic mass is 9.78. The van der Waals surface area contributed by atoms with Crippen molar-refractivity contribution in [2.24, 2.45) is 0 Å². The van der Waals surface area contributed by atoms with Crippen molar-refractivity contribution in [1.29, 1.82) is 0 Å². The fourth-order valence-corrected chi connectivity index (χ4v) is 5.54. The Morgan fingerprint density at radius 2 is 0.824 bits per heavy atom. The molecule has 0 aliphatic heterocycles. The van der Waals surface area contributed by atoms with E-state index in [1.54, 1.807) is 0 Å². The lowest BCUT2D eigenvalue weighted by molar-refractivity contribution is 0.591. The summed E-state index contributed by atoms with van der Waals surface area (Å²) < 4.78 is 0. The Balaban J connectivity index is 1.78. The van der Waals surface area contributed by atoms with Crippen molar-refractivity contribution in [3.8, 4) is 33.4 Å². The second-order valence-corrected chi connectivity index (χ2v) is 11.9. The zero-order chi connectivity index (χ0) is 24.3. The smallest absolute Gasteiger partial charge is 0.00737 e. The van der Waals surface area contributed by atoms with Crippen molar-refractivity contribution < 1.29 is 0 Å². The lowest BCUT2D eigenvalue weighted by Crippen LogP contribution is -2.14. The van der Waals surface area contributed by atoms with Gasteiger partial charge in [-0.15, -0.1) is 0 Å². The summed E-state index contributed by atoms with van der Waals surface area (Å²) >= 11 is 0. The van der Waals surface area contributed by atoms with E-state index in [-0.39, 0.29) is 10.8 Å². The normalized spacial score (nSPS) is 13.6. The summed E-state index contributed by atoms with van der Waals surface area (Å²) in [5, 5.41) is 0. The van der Waals surface area contributed by atoms with Gasteiger partial charge in [0.2, 0.25) is 0 Å². The van der Waals surface area contributed by atoms with Gasteiger partial charge in [-0.1, -0.05) is 109 Å². The van der Waals surface area contributed by atoms with Crippen LogP contribution in [0.25, 0.3) is 33.4 Å². The van der Waals surface area contributed by atoms with E-state index in [4.69, 9.17) is 0 Å². The van der Waals surface area contributed by atoms with E-state index in [0.29, 0.717) is 5.92 Å². The van der Waals surface area contributed by atoms with Gasteiger partial charge in [0.15, 0.2) is 0 Å². The molecule has 0 amide bonds. The molecule has 0 atom stereocenters. The van der Waals surface area contributed by atoms with Gasteiger partial charge in [-0.3, -0.25) is 0 Å². The maximum atomic E-state index is 2.49. The fraction of sp³-hybridized carbons (Fsp3) is 0.294. The van der Waals surface area contributed by atoms with Gasteiger partial charge in [0.05, 0.1) is 0 Å². The molecule has 172 valence electrons. The molecule has 0 unspecified atom stereocenters. The first kappa shape index (κ1) is 22.7. The molecule has 0 saturated heterocycles. The summed E-state index contributed by atoms with van der Waals surface area (Å²) in [6, 6.07) is 31.7. The Bertz CT molecular complexity index is 1240. The van der Waals surface area contributed by atoms with Crippen LogP contribution in [-0.2, 0) is 10.8 Å². The van der Waals surface area contributed by atoms with E-state index in [2.05, 4.69) is 133 Å². The van der Waals surface area contributed by atoms with E-state index in [1.165, 1.54) is 55.6 Å². The van der Waals surface area contributed by atoms with Gasteiger partial charge in [0.1, 0.15) is 0 Å². The van der Waals surface area contributed by atoms with Crippen LogP contribution in [0.3, 0.4) is 0 Å². The highest BCUT2D eigenvalue weighted by atomic mass is 14.4. The number of hydrogen-bond acceptors (Lipinski definition) is 0. The molecular formula is C34H36. The van der Waals surface area contributed by atoms with E-state index < -0.39 is 0 Å². The third kappa shape index (κ3) is 3.80. The summed E-state index contributed by atoms with van der Waals surface area (Å²) in [4.78, 5) is 0. The van der Waals surface area contributed by atoms with E-state index in [9.17, 15) is 0 Å². The number of rotatable bonds is 2. The lowest BCUT2D eigenvalue weighted by Gasteiger charge is -2.26. The van der Waals surface area contributed by atoms with Crippen LogP contribution in [-0.4, -0.2) is 0 Å². The van der Waals surface area contributed by atoms with Gasteiger partial charge in [-0.05, 0) is 90.7 Å². The van der Waals surface area contributed by atoms with E-state index in [0.717, 1.165) is 0 Å². The molecule has 0 radical (unpaired) electrons. The Morgan fingerprint density at radius 3 is 1.15 bits per heavy atom. The van der Waals surface area contributed by atoms with Gasteiger partial charge in [-0.2, -0.15) is 0 Å². The SMILES string of the molecule is CC1c2cc(-c3ccccc3)c(C(C)(C)C)cc2-c2cc(C(C)(C)C)c(-c3ccccc3)cc21. The third-order valence-corrected chi connectivity index (χ3v) is 7.39. The van der Waals surface area contributed by atoms with Crippen LogP contribution >= 0.6 is 0 Å². The Kier molecular flexibility index (Phi) is 5.32. The maximum absolute atomic E-state index is 2.49. The average molecular weight is 445 g/mol. The van der Waals surface area contributed by atoms with Crippen molar-refractivity contribution in [2.75, 3.05) is 0 Å². The van der Waals surface area contributed by atoms with Crippen molar-refractivity contribution in [3.05, 3.63) is 107 Å².